The summed E-state index contributed by atoms with van der Waals surface area (Å²) in [5.41, 5.74) is 5.76. The first-order valence-corrected chi connectivity index (χ1v) is 12.0. The molecule has 0 bridgehead atoms. The summed E-state index contributed by atoms with van der Waals surface area (Å²) in [5, 5.41) is 1.01. The van der Waals surface area contributed by atoms with E-state index in [2.05, 4.69) is 77.7 Å². The molecule has 0 saturated carbocycles. The molecule has 1 fully saturated rings. The van der Waals surface area contributed by atoms with Crippen molar-refractivity contribution in [1.29, 1.82) is 0 Å². The Morgan fingerprint density at radius 1 is 0.697 bits per heavy atom. The van der Waals surface area contributed by atoms with Crippen LogP contribution in [0.3, 0.4) is 0 Å². The average molecular weight is 452 g/mol. The molecule has 3 nitrogen and oxygen atoms in total. The Morgan fingerprint density at radius 2 is 1.39 bits per heavy atom. The lowest BCUT2D eigenvalue weighted by atomic mass is 10.0. The van der Waals surface area contributed by atoms with Gasteiger partial charge in [0.15, 0.2) is 5.43 Å². The van der Waals surface area contributed by atoms with Crippen LogP contribution in [-0.2, 0) is 4.74 Å². The fourth-order valence-corrected chi connectivity index (χ4v) is 5.07. The minimum atomic E-state index is 0.0465. The van der Waals surface area contributed by atoms with E-state index in [0.717, 1.165) is 45.2 Å². The minimum absolute atomic E-state index is 0.0465. The monoisotopic (exact) mass is 451 g/mol. The van der Waals surface area contributed by atoms with E-state index in [1.54, 1.807) is 23.5 Å². The van der Waals surface area contributed by atoms with Crippen molar-refractivity contribution in [3.05, 3.63) is 112 Å². The first-order chi connectivity index (χ1) is 16.2. The lowest BCUT2D eigenvalue weighted by Gasteiger charge is -2.28. The van der Waals surface area contributed by atoms with Crippen molar-refractivity contribution in [2.75, 3.05) is 31.2 Å². The van der Waals surface area contributed by atoms with Crippen molar-refractivity contribution < 1.29 is 4.74 Å². The van der Waals surface area contributed by atoms with Gasteiger partial charge in [-0.15, -0.1) is 11.3 Å². The minimum Gasteiger partial charge on any atom is -0.378 e. The lowest BCUT2D eigenvalue weighted by molar-refractivity contribution is 0.123. The topological polar surface area (TPSA) is 29.5 Å². The van der Waals surface area contributed by atoms with E-state index in [-0.39, 0.29) is 5.43 Å². The zero-order valence-corrected chi connectivity index (χ0v) is 19.1. The maximum atomic E-state index is 12.4. The van der Waals surface area contributed by atoms with E-state index in [4.69, 9.17) is 4.74 Å². The van der Waals surface area contributed by atoms with Crippen LogP contribution in [0.4, 0.5) is 5.00 Å². The normalized spacial score (nSPS) is 14.0. The molecule has 1 saturated heterocycles. The number of nitrogens with zero attached hydrogens (tertiary/aromatic N) is 1. The second kappa shape index (κ2) is 9.99. The molecule has 4 aromatic rings. The summed E-state index contributed by atoms with van der Waals surface area (Å²) < 4.78 is 5.46. The standard InChI is InChI=1S/C29H25NO2S/c31-27-20-28(33-29(21-27)30-15-17-32-18-16-30)26-8-4-7-25(19-26)24-13-11-23(12-14-24)10-9-22-5-2-1-3-6-22/h1-14,19-21H,15-18H2/b10-9+. The molecule has 164 valence electrons. The van der Waals surface area contributed by atoms with Crippen LogP contribution in [0.2, 0.25) is 0 Å². The molecule has 3 aromatic carbocycles. The molecule has 0 N–H and O–H groups in total. The Balaban J connectivity index is 1.39. The first kappa shape index (κ1) is 21.4. The van der Waals surface area contributed by atoms with Gasteiger partial charge >= 0.3 is 0 Å². The number of hydrogen-bond acceptors (Lipinski definition) is 4. The third-order valence-corrected chi connectivity index (χ3v) is 6.89. The van der Waals surface area contributed by atoms with Crippen molar-refractivity contribution in [2.24, 2.45) is 0 Å². The van der Waals surface area contributed by atoms with Gasteiger partial charge in [0.05, 0.1) is 18.2 Å². The first-order valence-electron chi connectivity index (χ1n) is 11.2. The molecule has 0 aliphatic carbocycles. The Kier molecular flexibility index (Phi) is 6.47. The van der Waals surface area contributed by atoms with Gasteiger partial charge in [-0.25, -0.2) is 0 Å². The molecule has 4 heteroatoms. The van der Waals surface area contributed by atoms with Crippen molar-refractivity contribution in [1.82, 2.24) is 0 Å². The Bertz CT molecular complexity index is 1300. The number of benzene rings is 3. The fourth-order valence-electron chi connectivity index (χ4n) is 3.94. The van der Waals surface area contributed by atoms with Gasteiger partial charge in [0, 0.05) is 30.1 Å². The maximum absolute atomic E-state index is 12.4. The van der Waals surface area contributed by atoms with Gasteiger partial charge in [-0.3, -0.25) is 4.79 Å². The summed E-state index contributed by atoms with van der Waals surface area (Å²) in [6.45, 7) is 3.06. The number of anilines is 1. The van der Waals surface area contributed by atoms with Crippen LogP contribution in [-0.4, -0.2) is 26.3 Å². The number of rotatable bonds is 5. The summed E-state index contributed by atoms with van der Waals surface area (Å²) in [6, 6.07) is 30.8. The van der Waals surface area contributed by atoms with Crippen LogP contribution in [0.1, 0.15) is 11.1 Å². The van der Waals surface area contributed by atoms with Gasteiger partial charge in [0.2, 0.25) is 0 Å². The third kappa shape index (κ3) is 5.30. The van der Waals surface area contributed by atoms with Crippen LogP contribution in [0.5, 0.6) is 0 Å². The predicted molar refractivity (Wildman–Crippen MR) is 140 cm³/mol. The molecule has 1 aliphatic rings. The van der Waals surface area contributed by atoms with E-state index in [1.807, 2.05) is 18.2 Å². The summed E-state index contributed by atoms with van der Waals surface area (Å²) in [4.78, 5) is 15.7. The van der Waals surface area contributed by atoms with Gasteiger partial charge in [-0.2, -0.15) is 0 Å². The summed E-state index contributed by atoms with van der Waals surface area (Å²) >= 11 is 1.67. The van der Waals surface area contributed by atoms with Crippen LogP contribution >= 0.6 is 11.3 Å². The van der Waals surface area contributed by atoms with E-state index in [1.165, 1.54) is 5.56 Å². The molecule has 5 rings (SSSR count). The number of morpholine rings is 1. The molecule has 0 spiro atoms. The highest BCUT2D eigenvalue weighted by molar-refractivity contribution is 7.19. The summed E-state index contributed by atoms with van der Waals surface area (Å²) in [5.74, 6) is 0. The second-order valence-corrected chi connectivity index (χ2v) is 9.10. The largest absolute Gasteiger partial charge is 0.378 e. The Hall–Kier alpha value is -3.47. The lowest BCUT2D eigenvalue weighted by Crippen LogP contribution is -2.36. The van der Waals surface area contributed by atoms with Crippen LogP contribution in [0.15, 0.2) is 95.8 Å². The molecule has 0 amide bonds. The van der Waals surface area contributed by atoms with Gasteiger partial charge in [-0.05, 0) is 33.9 Å². The summed E-state index contributed by atoms with van der Waals surface area (Å²) in [7, 11) is 0. The Morgan fingerprint density at radius 3 is 2.15 bits per heavy atom. The van der Waals surface area contributed by atoms with E-state index < -0.39 is 0 Å². The second-order valence-electron chi connectivity index (χ2n) is 8.04. The zero-order chi connectivity index (χ0) is 22.5. The molecule has 0 unspecified atom stereocenters. The summed E-state index contributed by atoms with van der Waals surface area (Å²) in [6.07, 6.45) is 4.25. The van der Waals surface area contributed by atoms with Crippen LogP contribution < -0.4 is 10.3 Å². The van der Waals surface area contributed by atoms with Crippen molar-refractivity contribution in [2.45, 2.75) is 0 Å². The van der Waals surface area contributed by atoms with Gasteiger partial charge in [0.1, 0.15) is 0 Å². The quantitative estimate of drug-likeness (QED) is 0.327. The highest BCUT2D eigenvalue weighted by Crippen LogP contribution is 2.32. The van der Waals surface area contributed by atoms with Crippen LogP contribution in [0, 0.1) is 0 Å². The average Bonchev–Trinajstić information content (AvgIpc) is 2.89. The highest BCUT2D eigenvalue weighted by Gasteiger charge is 2.14. The smallest absolute Gasteiger partial charge is 0.182 e. The fraction of sp³-hybridized carbons (Fsp3) is 0.138. The van der Waals surface area contributed by atoms with E-state index >= 15 is 0 Å². The van der Waals surface area contributed by atoms with Gasteiger partial charge < -0.3 is 9.64 Å². The predicted octanol–water partition coefficient (Wildman–Crippen LogP) is 6.45. The zero-order valence-electron chi connectivity index (χ0n) is 18.3. The van der Waals surface area contributed by atoms with Crippen molar-refractivity contribution in [3.63, 3.8) is 0 Å². The van der Waals surface area contributed by atoms with Crippen molar-refractivity contribution >= 4 is 28.5 Å². The molecular formula is C29H25NO2S. The molecule has 0 atom stereocenters. The number of ether oxygens (including phenoxy) is 1. The van der Waals surface area contributed by atoms with Gasteiger partial charge in [0.25, 0.3) is 0 Å². The molecule has 0 radical (unpaired) electrons. The Labute approximate surface area is 198 Å². The maximum Gasteiger partial charge on any atom is 0.182 e. The highest BCUT2D eigenvalue weighted by atomic mass is 32.1. The molecule has 2 heterocycles. The van der Waals surface area contributed by atoms with Crippen LogP contribution in [0.25, 0.3) is 33.7 Å². The van der Waals surface area contributed by atoms with E-state index in [9.17, 15) is 4.79 Å². The molecule has 1 aliphatic heterocycles. The SMILES string of the molecule is O=c1cc(-c2cccc(-c3ccc(/C=C/c4ccccc4)cc3)c2)sc(N2CCOCC2)c1. The van der Waals surface area contributed by atoms with E-state index in [0.29, 0.717) is 13.2 Å². The molecule has 1 aromatic heterocycles. The number of hydrogen-bond donors (Lipinski definition) is 0. The van der Waals surface area contributed by atoms with Crippen molar-refractivity contribution in [3.8, 4) is 21.6 Å². The molecule has 33 heavy (non-hydrogen) atoms. The van der Waals surface area contributed by atoms with Gasteiger partial charge in [-0.1, -0.05) is 84.9 Å². The third-order valence-electron chi connectivity index (χ3n) is 5.74. The molecular weight excluding hydrogens is 426 g/mol.